The summed E-state index contributed by atoms with van der Waals surface area (Å²) >= 11 is 0. The maximum atomic E-state index is 14.7. The van der Waals surface area contributed by atoms with E-state index in [4.69, 9.17) is 25.7 Å². The van der Waals surface area contributed by atoms with E-state index in [-0.39, 0.29) is 55.3 Å². The molecule has 1 unspecified atom stereocenters. The first-order valence-electron chi connectivity index (χ1n) is 29.0. The fourth-order valence-corrected chi connectivity index (χ4v) is 10.6. The van der Waals surface area contributed by atoms with Crippen LogP contribution in [0.3, 0.4) is 0 Å². The summed E-state index contributed by atoms with van der Waals surface area (Å²) in [5.74, 6) is -7.85. The molecule has 3 heterocycles. The van der Waals surface area contributed by atoms with Crippen molar-refractivity contribution >= 4 is 41.4 Å². The normalized spacial score (nSPS) is 25.7. The number of carbonyl (C=O) groups is 7. The topological polar surface area (TPSA) is 407 Å². The van der Waals surface area contributed by atoms with Crippen molar-refractivity contribution in [2.45, 2.75) is 151 Å². The van der Waals surface area contributed by atoms with Gasteiger partial charge in [-0.1, -0.05) is 62.9 Å². The lowest BCUT2D eigenvalue weighted by Gasteiger charge is -2.34. The van der Waals surface area contributed by atoms with Crippen LogP contribution in [0.1, 0.15) is 87.6 Å². The number of aliphatic hydroxyl groups excluding tert-OH is 6. The van der Waals surface area contributed by atoms with E-state index in [2.05, 4.69) is 26.6 Å². The fraction of sp³-hybridized carbons (Fsp3) is 0.576. The molecule has 0 saturated carbocycles. The van der Waals surface area contributed by atoms with Gasteiger partial charge in [-0.05, 0) is 85.8 Å². The van der Waals surface area contributed by atoms with Crippen LogP contribution >= 0.6 is 0 Å². The first kappa shape index (κ1) is 67.1. The van der Waals surface area contributed by atoms with Gasteiger partial charge in [0.15, 0.2) is 11.5 Å². The van der Waals surface area contributed by atoms with Gasteiger partial charge < -0.3 is 97.8 Å². The number of phenolic OH excluding ortho intramolecular Hbond substituents is 1. The molecule has 7 amide bonds. The number of ether oxygens (including phenoxy) is 3. The molecule has 0 aliphatic carbocycles. The van der Waals surface area contributed by atoms with E-state index in [1.54, 1.807) is 19.2 Å². The van der Waals surface area contributed by atoms with Gasteiger partial charge in [-0.2, -0.15) is 0 Å². The molecule has 3 fully saturated rings. The Balaban J connectivity index is 1.28. The SMILES string of the molecule is COCCCCCCCCOc1ccc(-c2ccc(C(=O)NC3C[C@@H](O)CNC(=O)[C@@H]4[C@@H](O)[C@@H](C)CN4C(=O)[C@H]([C@H](O)CCN)NC(=O)[C@H]([C@H](O)Cc4ccc(O)c(OCCN)c4)NC(=O)[C@@H]4C[C@@H](O)CN4C(=O)[C@H]([C@@H](C)O)NC3=O)cc2)cc1. The van der Waals surface area contributed by atoms with Gasteiger partial charge in [0.25, 0.3) is 5.91 Å². The summed E-state index contributed by atoms with van der Waals surface area (Å²) in [6.45, 7) is 2.47. The number of fused-ring (bicyclic) bond motifs is 2. The zero-order valence-corrected chi connectivity index (χ0v) is 48.3. The summed E-state index contributed by atoms with van der Waals surface area (Å²) in [4.78, 5) is 103. The van der Waals surface area contributed by atoms with Gasteiger partial charge >= 0.3 is 0 Å². The first-order valence-corrected chi connectivity index (χ1v) is 29.0. The number of rotatable bonds is 23. The first-order chi connectivity index (χ1) is 40.6. The molecule has 13 atom stereocenters. The molecule has 468 valence electrons. The lowest BCUT2D eigenvalue weighted by molar-refractivity contribution is -0.147. The standard InChI is InChI=1S/C59H85N9O17/c1-33-31-68-51(52(33)75)57(80)62-30-39(70)28-42(63-53(76)38-13-11-36(12-14-38)37-15-17-41(18-16-37)84-24-9-7-5-4-6-8-23-83-3)54(77)64-48(34(2)69)58(81)67-32-40(71)29-43(67)55(78)65-49(56(79)66-50(59(68)82)45(73)20-21-60)46(74)26-35-10-19-44(72)47(27-35)85-25-22-61/h10-19,27,33-34,39-40,42-43,45-46,48-52,69-75H,4-9,20-26,28-32,60-61H2,1-3H3,(H,62,80)(H,63,76)(H,64,77)(H,65,78)(H,66,79)/t33-,34+,39+,40+,42?,43-,45+,46+,48-,49-,50-,51-,52-/m0/s1. The van der Waals surface area contributed by atoms with E-state index in [0.717, 1.165) is 73.0 Å². The van der Waals surface area contributed by atoms with E-state index < -0.39 is 152 Å². The smallest absolute Gasteiger partial charge is 0.251 e. The minimum atomic E-state index is -2.03. The van der Waals surface area contributed by atoms with E-state index in [1.807, 2.05) is 24.3 Å². The summed E-state index contributed by atoms with van der Waals surface area (Å²) < 4.78 is 16.6. The predicted octanol–water partition coefficient (Wildman–Crippen LogP) is -1.94. The second kappa shape index (κ2) is 32.5. The fourth-order valence-electron chi connectivity index (χ4n) is 10.6. The lowest BCUT2D eigenvalue weighted by Crippen LogP contribution is -2.64. The number of methoxy groups -OCH3 is 1. The molecule has 26 nitrogen and oxygen atoms in total. The van der Waals surface area contributed by atoms with Gasteiger partial charge in [-0.15, -0.1) is 0 Å². The lowest BCUT2D eigenvalue weighted by atomic mass is 9.98. The zero-order valence-electron chi connectivity index (χ0n) is 48.3. The maximum absolute atomic E-state index is 14.7. The number of hydrogen-bond acceptors (Lipinski definition) is 19. The molecule has 6 rings (SSSR count). The van der Waals surface area contributed by atoms with Crippen molar-refractivity contribution in [2.75, 3.05) is 59.7 Å². The molecule has 0 aromatic heterocycles. The van der Waals surface area contributed by atoms with Gasteiger partial charge in [0.1, 0.15) is 48.6 Å². The molecular weight excluding hydrogens is 1110 g/mol. The van der Waals surface area contributed by atoms with E-state index in [1.165, 1.54) is 37.3 Å². The number of amides is 7. The highest BCUT2D eigenvalue weighted by atomic mass is 16.5. The molecule has 26 heteroatoms. The van der Waals surface area contributed by atoms with Crippen LogP contribution in [0.15, 0.2) is 66.7 Å². The van der Waals surface area contributed by atoms with Crippen molar-refractivity contribution < 1.29 is 83.5 Å². The van der Waals surface area contributed by atoms with Crippen molar-refractivity contribution in [3.05, 3.63) is 77.9 Å². The number of aromatic hydroxyl groups is 1. The van der Waals surface area contributed by atoms with Crippen molar-refractivity contribution in [1.29, 1.82) is 0 Å². The molecule has 85 heavy (non-hydrogen) atoms. The molecular formula is C59H85N9O17. The summed E-state index contributed by atoms with van der Waals surface area (Å²) in [6.07, 6.45) is -5.32. The van der Waals surface area contributed by atoms with Crippen molar-refractivity contribution in [3.63, 3.8) is 0 Å². The number of hydrogen-bond donors (Lipinski definition) is 14. The minimum Gasteiger partial charge on any atom is -0.504 e. The third-order valence-electron chi connectivity index (χ3n) is 15.4. The minimum absolute atomic E-state index is 0.00142. The number of carbonyl (C=O) groups excluding carboxylic acids is 7. The highest BCUT2D eigenvalue weighted by Gasteiger charge is 2.49. The summed E-state index contributed by atoms with van der Waals surface area (Å²) in [6, 6.07) is 6.96. The van der Waals surface area contributed by atoms with Crippen LogP contribution in [-0.2, 0) is 39.9 Å². The Labute approximate surface area is 493 Å². The third-order valence-corrected chi connectivity index (χ3v) is 15.4. The monoisotopic (exact) mass is 1190 g/mol. The quantitative estimate of drug-likeness (QED) is 0.0459. The van der Waals surface area contributed by atoms with Crippen LogP contribution in [0, 0.1) is 5.92 Å². The molecule has 16 N–H and O–H groups in total. The average molecular weight is 1190 g/mol. The van der Waals surface area contributed by atoms with E-state index in [9.17, 15) is 69.3 Å². The Morgan fingerprint density at radius 1 is 0.682 bits per heavy atom. The molecule has 3 aliphatic heterocycles. The molecule has 0 bridgehead atoms. The second-order valence-electron chi connectivity index (χ2n) is 22.1. The average Bonchev–Trinajstić information content (AvgIpc) is 3.32. The number of unbranched alkanes of at least 4 members (excludes halogenated alkanes) is 5. The number of phenols is 1. The van der Waals surface area contributed by atoms with Gasteiger partial charge in [-0.25, -0.2) is 0 Å². The Kier molecular flexibility index (Phi) is 25.6. The van der Waals surface area contributed by atoms with Crippen molar-refractivity contribution in [2.24, 2.45) is 17.4 Å². The Morgan fingerprint density at radius 3 is 1.95 bits per heavy atom. The molecule has 0 radical (unpaired) electrons. The number of nitrogens with zero attached hydrogens (tertiary/aromatic N) is 2. The predicted molar refractivity (Wildman–Crippen MR) is 308 cm³/mol. The van der Waals surface area contributed by atoms with Gasteiger partial charge in [-0.3, -0.25) is 33.6 Å². The number of aliphatic hydroxyl groups is 6. The van der Waals surface area contributed by atoms with E-state index in [0.29, 0.717) is 12.4 Å². The van der Waals surface area contributed by atoms with Crippen LogP contribution < -0.4 is 47.5 Å². The van der Waals surface area contributed by atoms with Crippen LogP contribution in [0.4, 0.5) is 0 Å². The Morgan fingerprint density at radius 2 is 1.31 bits per heavy atom. The largest absolute Gasteiger partial charge is 0.504 e. The molecule has 3 saturated heterocycles. The van der Waals surface area contributed by atoms with Gasteiger partial charge in [0.2, 0.25) is 35.4 Å². The number of β-amino-alcohol motifs (C(OH)–C–C–N with tert-alkyl or cyclic N) is 1. The summed E-state index contributed by atoms with van der Waals surface area (Å²) in [5.41, 5.74) is 13.3. The molecule has 0 spiro atoms. The third kappa shape index (κ3) is 18.5. The van der Waals surface area contributed by atoms with Crippen LogP contribution in [0.2, 0.25) is 0 Å². The molecule has 3 aliphatic rings. The number of benzene rings is 3. The van der Waals surface area contributed by atoms with Gasteiger partial charge in [0, 0.05) is 70.6 Å². The molecule has 3 aromatic carbocycles. The Bertz CT molecular complexity index is 2700. The number of nitrogens with one attached hydrogen (secondary N) is 5. The van der Waals surface area contributed by atoms with Crippen molar-refractivity contribution in [1.82, 2.24) is 36.4 Å². The van der Waals surface area contributed by atoms with E-state index >= 15 is 0 Å². The summed E-state index contributed by atoms with van der Waals surface area (Å²) in [5, 5.41) is 91.1. The summed E-state index contributed by atoms with van der Waals surface area (Å²) in [7, 11) is 1.70. The maximum Gasteiger partial charge on any atom is 0.251 e. The van der Waals surface area contributed by atoms with Crippen LogP contribution in [0.25, 0.3) is 11.1 Å². The van der Waals surface area contributed by atoms with Crippen LogP contribution in [-0.4, -0.2) is 219 Å². The number of nitrogens with two attached hydrogens (primary N) is 2. The van der Waals surface area contributed by atoms with Gasteiger partial charge in [0.05, 0.1) is 43.2 Å². The Hall–Kier alpha value is -7.01. The van der Waals surface area contributed by atoms with Crippen molar-refractivity contribution in [3.8, 4) is 28.4 Å². The molecule has 3 aromatic rings. The zero-order chi connectivity index (χ0) is 61.9. The highest BCUT2D eigenvalue weighted by molar-refractivity contribution is 6.00. The van der Waals surface area contributed by atoms with Crippen LogP contribution in [0.5, 0.6) is 17.2 Å². The highest BCUT2D eigenvalue weighted by Crippen LogP contribution is 2.30. The second-order valence-corrected chi connectivity index (χ2v) is 22.1.